The van der Waals surface area contributed by atoms with Gasteiger partial charge >= 0.3 is 0 Å². The van der Waals surface area contributed by atoms with Gasteiger partial charge in [0.2, 0.25) is 9.84 Å². The maximum Gasteiger partial charge on any atom is 0.253 e. The number of sulfone groups is 1. The van der Waals surface area contributed by atoms with Gasteiger partial charge in [-0.15, -0.1) is 10.2 Å². The Balaban J connectivity index is 1.83. The summed E-state index contributed by atoms with van der Waals surface area (Å²) in [7, 11) is -3.58. The number of pyridine rings is 1. The third-order valence-corrected chi connectivity index (χ3v) is 6.00. The van der Waals surface area contributed by atoms with E-state index in [1.165, 1.54) is 4.40 Å². The van der Waals surface area contributed by atoms with Crippen LogP contribution in [0.1, 0.15) is 6.92 Å². The highest BCUT2D eigenvalue weighted by Gasteiger charge is 2.26. The SMILES string of the molecule is CC1COCCN1c1cn2c(S(C)(=O)=O)nnc2c(-c2ccnc3[nH]ccc23)n1. The van der Waals surface area contributed by atoms with Gasteiger partial charge < -0.3 is 14.6 Å². The molecule has 5 rings (SSSR count). The van der Waals surface area contributed by atoms with E-state index in [9.17, 15) is 8.42 Å². The zero-order chi connectivity index (χ0) is 20.2. The highest BCUT2D eigenvalue weighted by molar-refractivity contribution is 7.90. The summed E-state index contributed by atoms with van der Waals surface area (Å²) in [5.74, 6) is 0.647. The fourth-order valence-electron chi connectivity index (χ4n) is 3.67. The number of anilines is 1. The van der Waals surface area contributed by atoms with Crippen LogP contribution in [0, 0.1) is 0 Å². The molecule has 150 valence electrons. The number of rotatable bonds is 3. The third kappa shape index (κ3) is 2.93. The van der Waals surface area contributed by atoms with Gasteiger partial charge in [-0.05, 0) is 19.1 Å². The van der Waals surface area contributed by atoms with Crippen molar-refractivity contribution in [1.82, 2.24) is 29.5 Å². The van der Waals surface area contributed by atoms with Crippen molar-refractivity contribution >= 4 is 32.3 Å². The lowest BCUT2D eigenvalue weighted by atomic mass is 10.1. The summed E-state index contributed by atoms with van der Waals surface area (Å²) in [5, 5.41) is 8.86. The van der Waals surface area contributed by atoms with Crippen LogP contribution in [0.15, 0.2) is 35.9 Å². The number of aromatic amines is 1. The summed E-state index contributed by atoms with van der Waals surface area (Å²) in [6.45, 7) is 3.86. The summed E-state index contributed by atoms with van der Waals surface area (Å²) in [6, 6.07) is 3.86. The van der Waals surface area contributed by atoms with Crippen LogP contribution in [0.25, 0.3) is 27.9 Å². The van der Waals surface area contributed by atoms with Crippen LogP contribution in [-0.2, 0) is 14.6 Å². The Hall–Kier alpha value is -3.05. The van der Waals surface area contributed by atoms with Crippen molar-refractivity contribution < 1.29 is 13.2 Å². The summed E-state index contributed by atoms with van der Waals surface area (Å²) >= 11 is 0. The monoisotopic (exact) mass is 413 g/mol. The second-order valence-corrected chi connectivity index (χ2v) is 9.02. The lowest BCUT2D eigenvalue weighted by molar-refractivity contribution is 0.0985. The molecule has 10 nitrogen and oxygen atoms in total. The average molecular weight is 413 g/mol. The second-order valence-electron chi connectivity index (χ2n) is 7.11. The molecule has 1 aliphatic heterocycles. The van der Waals surface area contributed by atoms with Gasteiger partial charge in [0.25, 0.3) is 5.16 Å². The highest BCUT2D eigenvalue weighted by Crippen LogP contribution is 2.31. The normalized spacial score (nSPS) is 18.0. The molecule has 1 saturated heterocycles. The maximum atomic E-state index is 12.3. The van der Waals surface area contributed by atoms with Crippen molar-refractivity contribution in [3.8, 4) is 11.3 Å². The first-order chi connectivity index (χ1) is 13.9. The van der Waals surface area contributed by atoms with Crippen LogP contribution in [0.4, 0.5) is 5.82 Å². The molecule has 0 aromatic carbocycles. The molecule has 4 aromatic heterocycles. The Morgan fingerprint density at radius 1 is 1.28 bits per heavy atom. The molecule has 4 aromatic rings. The van der Waals surface area contributed by atoms with Crippen molar-refractivity contribution in [1.29, 1.82) is 0 Å². The van der Waals surface area contributed by atoms with Crippen molar-refractivity contribution in [2.75, 3.05) is 30.9 Å². The molecule has 0 aliphatic carbocycles. The average Bonchev–Trinajstić information content (AvgIpc) is 3.34. The van der Waals surface area contributed by atoms with Gasteiger partial charge in [0.15, 0.2) is 5.65 Å². The molecule has 0 bridgehead atoms. The van der Waals surface area contributed by atoms with E-state index in [2.05, 4.69) is 25.1 Å². The standard InChI is InChI=1S/C18H19N7O3S/c1-11-10-28-8-7-24(11)14-9-25-17(22-23-18(25)29(2,26)27)15(21-14)12-3-5-19-16-13(12)4-6-20-16/h3-6,9,11H,7-8,10H2,1-2H3,(H,19,20). The van der Waals surface area contributed by atoms with Crippen LogP contribution < -0.4 is 4.90 Å². The molecule has 0 radical (unpaired) electrons. The molecule has 11 heteroatoms. The molecule has 0 amide bonds. The Morgan fingerprint density at radius 3 is 2.93 bits per heavy atom. The minimum atomic E-state index is -3.58. The molecule has 0 saturated carbocycles. The van der Waals surface area contributed by atoms with Gasteiger partial charge in [-0.3, -0.25) is 4.40 Å². The Kier molecular flexibility index (Phi) is 4.03. The first-order valence-corrected chi connectivity index (χ1v) is 11.1. The molecule has 1 fully saturated rings. The maximum absolute atomic E-state index is 12.3. The fourth-order valence-corrected chi connectivity index (χ4v) is 4.36. The fraction of sp³-hybridized carbons (Fsp3) is 0.333. The first-order valence-electron chi connectivity index (χ1n) is 9.16. The Labute approximate surface area is 166 Å². The van der Waals surface area contributed by atoms with Gasteiger partial charge in [0.05, 0.1) is 25.5 Å². The number of ether oxygens (including phenoxy) is 1. The van der Waals surface area contributed by atoms with Crippen molar-refractivity contribution in [2.24, 2.45) is 0 Å². The number of hydrogen-bond donors (Lipinski definition) is 1. The number of nitrogens with zero attached hydrogens (tertiary/aromatic N) is 6. The quantitative estimate of drug-likeness (QED) is 0.534. The molecule has 1 unspecified atom stereocenters. The largest absolute Gasteiger partial charge is 0.377 e. The van der Waals surface area contributed by atoms with Crippen LogP contribution in [0.5, 0.6) is 0 Å². The predicted octanol–water partition coefficient (Wildman–Crippen LogP) is 1.30. The molecule has 5 heterocycles. The second kappa shape index (κ2) is 6.49. The molecular formula is C18H19N7O3S. The molecule has 1 aliphatic rings. The molecule has 29 heavy (non-hydrogen) atoms. The van der Waals surface area contributed by atoms with Crippen molar-refractivity contribution in [2.45, 2.75) is 18.1 Å². The van der Waals surface area contributed by atoms with E-state index in [-0.39, 0.29) is 11.2 Å². The first kappa shape index (κ1) is 18.0. The van der Waals surface area contributed by atoms with Gasteiger partial charge in [-0.25, -0.2) is 18.4 Å². The smallest absolute Gasteiger partial charge is 0.253 e. The number of morpholine rings is 1. The van der Waals surface area contributed by atoms with E-state index in [1.807, 2.05) is 19.1 Å². The van der Waals surface area contributed by atoms with Crippen molar-refractivity contribution in [3.05, 3.63) is 30.7 Å². The Morgan fingerprint density at radius 2 is 2.14 bits per heavy atom. The van der Waals surface area contributed by atoms with E-state index in [1.54, 1.807) is 18.6 Å². The summed E-state index contributed by atoms with van der Waals surface area (Å²) in [5.41, 5.74) is 2.45. The molecular weight excluding hydrogens is 394 g/mol. The van der Waals surface area contributed by atoms with Gasteiger partial charge in [-0.2, -0.15) is 0 Å². The topological polar surface area (TPSA) is 118 Å². The lowest BCUT2D eigenvalue weighted by Crippen LogP contribution is -2.44. The lowest BCUT2D eigenvalue weighted by Gasteiger charge is -2.34. The summed E-state index contributed by atoms with van der Waals surface area (Å²) in [4.78, 5) is 14.4. The minimum Gasteiger partial charge on any atom is -0.377 e. The van der Waals surface area contributed by atoms with Crippen molar-refractivity contribution in [3.63, 3.8) is 0 Å². The van der Waals surface area contributed by atoms with Gasteiger partial charge in [0, 0.05) is 36.1 Å². The number of fused-ring (bicyclic) bond motifs is 2. The number of nitrogens with one attached hydrogen (secondary N) is 1. The predicted molar refractivity (Wildman–Crippen MR) is 107 cm³/mol. The van der Waals surface area contributed by atoms with E-state index in [4.69, 9.17) is 9.72 Å². The summed E-state index contributed by atoms with van der Waals surface area (Å²) in [6.07, 6.45) is 6.30. The highest BCUT2D eigenvalue weighted by atomic mass is 32.2. The van der Waals surface area contributed by atoms with E-state index in [0.717, 1.165) is 22.9 Å². The zero-order valence-electron chi connectivity index (χ0n) is 15.9. The molecule has 1 atom stereocenters. The number of aromatic nitrogens is 6. The van der Waals surface area contributed by atoms with E-state index < -0.39 is 9.84 Å². The third-order valence-electron chi connectivity index (χ3n) is 5.06. The summed E-state index contributed by atoms with van der Waals surface area (Å²) < 4.78 is 31.6. The van der Waals surface area contributed by atoms with E-state index >= 15 is 0 Å². The molecule has 1 N–H and O–H groups in total. The Bertz CT molecular complexity index is 1330. The van der Waals surface area contributed by atoms with Gasteiger partial charge in [-0.1, -0.05) is 0 Å². The van der Waals surface area contributed by atoms with Gasteiger partial charge in [0.1, 0.15) is 17.2 Å². The van der Waals surface area contributed by atoms with Crippen LogP contribution in [0.3, 0.4) is 0 Å². The van der Waals surface area contributed by atoms with Crippen LogP contribution in [0.2, 0.25) is 0 Å². The minimum absolute atomic E-state index is 0.101. The van der Waals surface area contributed by atoms with E-state index in [0.29, 0.717) is 36.9 Å². The van der Waals surface area contributed by atoms with Crippen LogP contribution in [-0.4, -0.2) is 70.0 Å². The molecule has 0 spiro atoms. The number of hydrogen-bond acceptors (Lipinski definition) is 8. The zero-order valence-corrected chi connectivity index (χ0v) is 16.7. The number of H-pyrrole nitrogens is 1. The van der Waals surface area contributed by atoms with Crippen LogP contribution >= 0.6 is 0 Å².